The SMILES string of the molecule is C=Cc1cccc(CC)c1-c1cccnn1. The fourth-order valence-electron chi connectivity index (χ4n) is 1.83. The van der Waals surface area contributed by atoms with Crippen LogP contribution >= 0.6 is 0 Å². The van der Waals surface area contributed by atoms with E-state index in [-0.39, 0.29) is 0 Å². The van der Waals surface area contributed by atoms with Crippen LogP contribution in [0.5, 0.6) is 0 Å². The van der Waals surface area contributed by atoms with E-state index in [1.165, 1.54) is 5.56 Å². The minimum Gasteiger partial charge on any atom is -0.159 e. The van der Waals surface area contributed by atoms with Crippen LogP contribution in [0.2, 0.25) is 0 Å². The number of aromatic nitrogens is 2. The highest BCUT2D eigenvalue weighted by Crippen LogP contribution is 2.26. The molecule has 2 aromatic rings. The van der Waals surface area contributed by atoms with Crippen molar-refractivity contribution in [1.82, 2.24) is 10.2 Å². The summed E-state index contributed by atoms with van der Waals surface area (Å²) in [5.41, 5.74) is 4.45. The molecule has 1 aromatic heterocycles. The van der Waals surface area contributed by atoms with E-state index in [0.29, 0.717) is 0 Å². The van der Waals surface area contributed by atoms with Crippen LogP contribution in [0.15, 0.2) is 43.1 Å². The standard InChI is InChI=1S/C14H14N2/c1-3-11-7-5-8-12(4-2)14(11)13-9-6-10-15-16-13/h3,5-10H,1,4H2,2H3. The lowest BCUT2D eigenvalue weighted by molar-refractivity contribution is 1.03. The molecule has 0 bridgehead atoms. The summed E-state index contributed by atoms with van der Waals surface area (Å²) in [5, 5.41) is 8.10. The predicted octanol–water partition coefficient (Wildman–Crippen LogP) is 3.35. The lowest BCUT2D eigenvalue weighted by Gasteiger charge is -2.10. The number of hydrogen-bond acceptors (Lipinski definition) is 2. The third-order valence-corrected chi connectivity index (χ3v) is 2.61. The van der Waals surface area contributed by atoms with Gasteiger partial charge in [-0.2, -0.15) is 10.2 Å². The van der Waals surface area contributed by atoms with Gasteiger partial charge in [0.05, 0.1) is 5.69 Å². The van der Waals surface area contributed by atoms with Gasteiger partial charge in [0.1, 0.15) is 0 Å². The van der Waals surface area contributed by atoms with Crippen molar-refractivity contribution >= 4 is 6.08 Å². The molecule has 80 valence electrons. The first-order valence-corrected chi connectivity index (χ1v) is 5.39. The Hall–Kier alpha value is -1.96. The van der Waals surface area contributed by atoms with Gasteiger partial charge in [-0.25, -0.2) is 0 Å². The molecule has 0 radical (unpaired) electrons. The first-order valence-electron chi connectivity index (χ1n) is 5.39. The molecule has 0 unspecified atom stereocenters. The molecule has 0 atom stereocenters. The van der Waals surface area contributed by atoms with Crippen molar-refractivity contribution in [2.75, 3.05) is 0 Å². The second-order valence-corrected chi connectivity index (χ2v) is 3.55. The van der Waals surface area contributed by atoms with E-state index in [1.54, 1.807) is 6.20 Å². The Bertz CT molecular complexity index is 489. The first kappa shape index (κ1) is 10.6. The average molecular weight is 210 g/mol. The Morgan fingerprint density at radius 3 is 2.75 bits per heavy atom. The van der Waals surface area contributed by atoms with E-state index in [2.05, 4.69) is 41.9 Å². The second kappa shape index (κ2) is 4.71. The maximum atomic E-state index is 4.17. The van der Waals surface area contributed by atoms with Crippen LogP contribution < -0.4 is 0 Å². The maximum Gasteiger partial charge on any atom is 0.0938 e. The summed E-state index contributed by atoms with van der Waals surface area (Å²) in [6.45, 7) is 5.99. The van der Waals surface area contributed by atoms with E-state index in [4.69, 9.17) is 0 Å². The van der Waals surface area contributed by atoms with Crippen molar-refractivity contribution in [3.63, 3.8) is 0 Å². The fourth-order valence-corrected chi connectivity index (χ4v) is 1.83. The maximum absolute atomic E-state index is 4.17. The lowest BCUT2D eigenvalue weighted by atomic mass is 9.96. The number of nitrogens with zero attached hydrogens (tertiary/aromatic N) is 2. The smallest absolute Gasteiger partial charge is 0.0938 e. The number of aryl methyl sites for hydroxylation is 1. The van der Waals surface area contributed by atoms with E-state index in [9.17, 15) is 0 Å². The van der Waals surface area contributed by atoms with Gasteiger partial charge in [-0.3, -0.25) is 0 Å². The molecule has 0 saturated carbocycles. The van der Waals surface area contributed by atoms with Crippen LogP contribution in [0.25, 0.3) is 17.3 Å². The van der Waals surface area contributed by atoms with Gasteiger partial charge in [0.15, 0.2) is 0 Å². The zero-order chi connectivity index (χ0) is 11.4. The quantitative estimate of drug-likeness (QED) is 0.776. The summed E-state index contributed by atoms with van der Waals surface area (Å²) in [7, 11) is 0. The van der Waals surface area contributed by atoms with Gasteiger partial charge in [0.25, 0.3) is 0 Å². The highest BCUT2D eigenvalue weighted by atomic mass is 15.1. The van der Waals surface area contributed by atoms with Crippen molar-refractivity contribution in [3.05, 3.63) is 54.2 Å². The monoisotopic (exact) mass is 210 g/mol. The molecule has 1 aromatic carbocycles. The molecule has 2 nitrogen and oxygen atoms in total. The predicted molar refractivity (Wildman–Crippen MR) is 66.9 cm³/mol. The zero-order valence-corrected chi connectivity index (χ0v) is 9.35. The van der Waals surface area contributed by atoms with Gasteiger partial charge in [-0.15, -0.1) is 0 Å². The van der Waals surface area contributed by atoms with E-state index >= 15 is 0 Å². The Kier molecular flexibility index (Phi) is 3.10. The molecule has 0 spiro atoms. The van der Waals surface area contributed by atoms with Crippen molar-refractivity contribution in [1.29, 1.82) is 0 Å². The van der Waals surface area contributed by atoms with Gasteiger partial charge >= 0.3 is 0 Å². The normalized spacial score (nSPS) is 10.1. The summed E-state index contributed by atoms with van der Waals surface area (Å²) in [4.78, 5) is 0. The third kappa shape index (κ3) is 1.87. The van der Waals surface area contributed by atoms with E-state index in [1.807, 2.05) is 18.2 Å². The molecular weight excluding hydrogens is 196 g/mol. The largest absolute Gasteiger partial charge is 0.159 e. The van der Waals surface area contributed by atoms with Crippen LogP contribution in [0.3, 0.4) is 0 Å². The van der Waals surface area contributed by atoms with Crippen molar-refractivity contribution in [2.45, 2.75) is 13.3 Å². The van der Waals surface area contributed by atoms with Gasteiger partial charge in [-0.1, -0.05) is 37.8 Å². The molecule has 0 aliphatic rings. The van der Waals surface area contributed by atoms with E-state index < -0.39 is 0 Å². The van der Waals surface area contributed by atoms with Gasteiger partial charge in [0.2, 0.25) is 0 Å². The molecule has 2 rings (SSSR count). The second-order valence-electron chi connectivity index (χ2n) is 3.55. The Morgan fingerprint density at radius 2 is 2.12 bits per heavy atom. The Morgan fingerprint density at radius 1 is 1.25 bits per heavy atom. The zero-order valence-electron chi connectivity index (χ0n) is 9.35. The molecule has 2 heteroatoms. The Labute approximate surface area is 95.7 Å². The highest BCUT2D eigenvalue weighted by Gasteiger charge is 2.08. The fraction of sp³-hybridized carbons (Fsp3) is 0.143. The summed E-state index contributed by atoms with van der Waals surface area (Å²) in [5.74, 6) is 0. The molecule has 1 heterocycles. The topological polar surface area (TPSA) is 25.8 Å². The number of hydrogen-bond donors (Lipinski definition) is 0. The van der Waals surface area contributed by atoms with Crippen LogP contribution in [0.1, 0.15) is 18.1 Å². The highest BCUT2D eigenvalue weighted by molar-refractivity contribution is 5.75. The number of benzene rings is 1. The van der Waals surface area contributed by atoms with Crippen LogP contribution in [0.4, 0.5) is 0 Å². The minimum absolute atomic E-state index is 0.912. The van der Waals surface area contributed by atoms with Crippen molar-refractivity contribution < 1.29 is 0 Å². The van der Waals surface area contributed by atoms with Crippen LogP contribution in [-0.2, 0) is 6.42 Å². The molecule has 0 fully saturated rings. The Balaban J connectivity index is 2.66. The van der Waals surface area contributed by atoms with Crippen LogP contribution in [-0.4, -0.2) is 10.2 Å². The molecule has 0 saturated heterocycles. The lowest BCUT2D eigenvalue weighted by Crippen LogP contribution is -1.94. The summed E-state index contributed by atoms with van der Waals surface area (Å²) < 4.78 is 0. The van der Waals surface area contributed by atoms with E-state index in [0.717, 1.165) is 23.2 Å². The van der Waals surface area contributed by atoms with Gasteiger partial charge < -0.3 is 0 Å². The number of rotatable bonds is 3. The molecule has 16 heavy (non-hydrogen) atoms. The van der Waals surface area contributed by atoms with Gasteiger partial charge in [0, 0.05) is 11.8 Å². The molecule has 0 amide bonds. The van der Waals surface area contributed by atoms with Crippen molar-refractivity contribution in [3.8, 4) is 11.3 Å². The molecule has 0 aliphatic carbocycles. The molecular formula is C14H14N2. The van der Waals surface area contributed by atoms with Crippen molar-refractivity contribution in [2.24, 2.45) is 0 Å². The summed E-state index contributed by atoms with van der Waals surface area (Å²) in [6, 6.07) is 10.1. The molecule has 0 N–H and O–H groups in total. The minimum atomic E-state index is 0.912. The third-order valence-electron chi connectivity index (χ3n) is 2.61. The van der Waals surface area contributed by atoms with Gasteiger partial charge in [-0.05, 0) is 29.7 Å². The van der Waals surface area contributed by atoms with Crippen LogP contribution in [0, 0.1) is 0 Å². The molecule has 0 aliphatic heterocycles. The summed E-state index contributed by atoms with van der Waals surface area (Å²) in [6.07, 6.45) is 4.53. The first-order chi connectivity index (χ1) is 7.86. The average Bonchev–Trinajstić information content (AvgIpc) is 2.38. The summed E-state index contributed by atoms with van der Waals surface area (Å²) >= 11 is 0.